The quantitative estimate of drug-likeness (QED) is 0.494. The largest absolute Gasteiger partial charge is 0.369 e. The molecule has 0 aliphatic rings. The molecule has 1 N–H and O–H groups in total. The predicted octanol–water partition coefficient (Wildman–Crippen LogP) is 2.35. The third kappa shape index (κ3) is 2.83. The summed E-state index contributed by atoms with van der Waals surface area (Å²) >= 11 is 0. The molecule has 0 bridgehead atoms. The van der Waals surface area contributed by atoms with Crippen molar-refractivity contribution in [2.75, 3.05) is 5.32 Å². The number of Topliss-reactive ketones (excluding diaryl/α,β-unsaturated/α-hetero) is 1. The molecule has 89 valence electrons. The van der Waals surface area contributed by atoms with E-state index in [2.05, 4.69) is 11.4 Å². The van der Waals surface area contributed by atoms with Crippen LogP contribution in [0, 0.1) is 6.07 Å². The molecule has 0 aliphatic heterocycles. The zero-order chi connectivity index (χ0) is 12.8. The average Bonchev–Trinajstić information content (AvgIpc) is 2.46. The van der Waals surface area contributed by atoms with Crippen molar-refractivity contribution in [3.05, 3.63) is 66.2 Å². The molecule has 1 unspecified atom stereocenters. The molecule has 0 aromatic heterocycles. The Hall–Kier alpha value is -2.42. The van der Waals surface area contributed by atoms with E-state index in [4.69, 9.17) is 0 Å². The van der Waals surface area contributed by atoms with Gasteiger partial charge in [0.2, 0.25) is 0 Å². The van der Waals surface area contributed by atoms with Crippen LogP contribution in [-0.4, -0.2) is 18.1 Å². The Bertz CT molecular complexity index is 523. The Kier molecular flexibility index (Phi) is 3.86. The Labute approximate surface area is 105 Å². The minimum Gasteiger partial charge on any atom is -0.369 e. The first-order valence-corrected chi connectivity index (χ1v) is 5.58. The van der Waals surface area contributed by atoms with E-state index < -0.39 is 6.04 Å². The molecule has 0 saturated heterocycles. The zero-order valence-corrected chi connectivity index (χ0v) is 9.67. The lowest BCUT2D eigenvalue weighted by atomic mass is 10.1. The lowest BCUT2D eigenvalue weighted by molar-refractivity contribution is -0.107. The molecule has 1 atom stereocenters. The predicted molar refractivity (Wildman–Crippen MR) is 69.5 cm³/mol. The number of anilines is 1. The second-order valence-corrected chi connectivity index (χ2v) is 3.78. The standard InChI is InChI=1S/C15H12NO2/c17-11-14(16-13-9-5-2-6-10-13)15(18)12-7-3-1-4-8-12/h2-11,14,16H. The van der Waals surface area contributed by atoms with Gasteiger partial charge in [0.25, 0.3) is 0 Å². The first-order chi connectivity index (χ1) is 8.81. The Balaban J connectivity index is 2.15. The maximum absolute atomic E-state index is 12.1. The number of aldehydes is 1. The van der Waals surface area contributed by atoms with E-state index >= 15 is 0 Å². The zero-order valence-electron chi connectivity index (χ0n) is 9.67. The fourth-order valence-corrected chi connectivity index (χ4v) is 1.61. The van der Waals surface area contributed by atoms with E-state index in [1.165, 1.54) is 0 Å². The molecule has 0 spiro atoms. The van der Waals surface area contributed by atoms with Crippen LogP contribution in [0.25, 0.3) is 0 Å². The van der Waals surface area contributed by atoms with Crippen molar-refractivity contribution in [3.8, 4) is 0 Å². The number of hydrogen-bond acceptors (Lipinski definition) is 3. The molecule has 0 aliphatic carbocycles. The molecule has 3 heteroatoms. The summed E-state index contributed by atoms with van der Waals surface area (Å²) in [5, 5.41) is 2.90. The van der Waals surface area contributed by atoms with Crippen molar-refractivity contribution >= 4 is 17.8 Å². The second kappa shape index (κ2) is 5.77. The Morgan fingerprint density at radius 3 is 2.39 bits per heavy atom. The molecule has 1 radical (unpaired) electrons. The maximum Gasteiger partial charge on any atom is 0.192 e. The first kappa shape index (κ1) is 12.0. The molecule has 2 rings (SSSR count). The molecular formula is C15H12NO2. The molecule has 2 aromatic rings. The summed E-state index contributed by atoms with van der Waals surface area (Å²) in [5.41, 5.74) is 1.24. The van der Waals surface area contributed by atoms with Gasteiger partial charge < -0.3 is 10.1 Å². The molecule has 3 nitrogen and oxygen atoms in total. The monoisotopic (exact) mass is 238 g/mol. The van der Waals surface area contributed by atoms with E-state index in [0.717, 1.165) is 5.69 Å². The van der Waals surface area contributed by atoms with Crippen molar-refractivity contribution in [2.45, 2.75) is 6.04 Å². The highest BCUT2D eigenvalue weighted by Crippen LogP contribution is 2.10. The molecule has 0 fully saturated rings. The highest BCUT2D eigenvalue weighted by Gasteiger charge is 2.18. The van der Waals surface area contributed by atoms with Gasteiger partial charge in [-0.25, -0.2) is 0 Å². The van der Waals surface area contributed by atoms with Crippen LogP contribution in [0.3, 0.4) is 0 Å². The number of para-hydroxylation sites is 1. The summed E-state index contributed by atoms with van der Waals surface area (Å²) in [6.45, 7) is 0. The van der Waals surface area contributed by atoms with Crippen molar-refractivity contribution in [3.63, 3.8) is 0 Å². The summed E-state index contributed by atoms with van der Waals surface area (Å²) in [6.07, 6.45) is 0.617. The van der Waals surface area contributed by atoms with Crippen LogP contribution >= 0.6 is 0 Å². The van der Waals surface area contributed by atoms with E-state index in [0.29, 0.717) is 11.8 Å². The minimum absolute atomic E-state index is 0.247. The number of ketones is 1. The summed E-state index contributed by atoms with van der Waals surface area (Å²) in [7, 11) is 0. The van der Waals surface area contributed by atoms with E-state index in [1.807, 2.05) is 30.3 Å². The van der Waals surface area contributed by atoms with Crippen molar-refractivity contribution in [1.82, 2.24) is 0 Å². The van der Waals surface area contributed by atoms with Crippen LogP contribution in [-0.2, 0) is 4.79 Å². The SMILES string of the molecule is O=CC(Nc1ccccc1)C(=O)c1cc[c]cc1. The number of carbonyl (C=O) groups excluding carboxylic acids is 2. The van der Waals surface area contributed by atoms with Crippen LogP contribution in [0.1, 0.15) is 10.4 Å². The number of nitrogens with one attached hydrogen (secondary N) is 1. The van der Waals surface area contributed by atoms with Crippen molar-refractivity contribution in [2.24, 2.45) is 0 Å². The van der Waals surface area contributed by atoms with Gasteiger partial charge in [0.05, 0.1) is 0 Å². The van der Waals surface area contributed by atoms with Gasteiger partial charge in [0, 0.05) is 11.3 Å². The second-order valence-electron chi connectivity index (χ2n) is 3.78. The third-order valence-electron chi connectivity index (χ3n) is 2.52. The maximum atomic E-state index is 12.1. The summed E-state index contributed by atoms with van der Waals surface area (Å²) in [4.78, 5) is 23.1. The van der Waals surface area contributed by atoms with Gasteiger partial charge in [-0.2, -0.15) is 0 Å². The van der Waals surface area contributed by atoms with E-state index in [1.54, 1.807) is 24.3 Å². The van der Waals surface area contributed by atoms with E-state index in [9.17, 15) is 9.59 Å². The highest BCUT2D eigenvalue weighted by molar-refractivity contribution is 6.10. The van der Waals surface area contributed by atoms with E-state index in [-0.39, 0.29) is 5.78 Å². The molecule has 0 amide bonds. The normalized spacial score (nSPS) is 11.6. The van der Waals surface area contributed by atoms with Crippen molar-refractivity contribution < 1.29 is 9.59 Å². The average molecular weight is 238 g/mol. The molecule has 18 heavy (non-hydrogen) atoms. The molecule has 0 heterocycles. The number of benzene rings is 2. The summed E-state index contributed by atoms with van der Waals surface area (Å²) in [6, 6.07) is 17.7. The fraction of sp³-hybridized carbons (Fsp3) is 0.0667. The smallest absolute Gasteiger partial charge is 0.192 e. The summed E-state index contributed by atoms with van der Waals surface area (Å²) in [5.74, 6) is -0.247. The fourth-order valence-electron chi connectivity index (χ4n) is 1.61. The van der Waals surface area contributed by atoms with Crippen LogP contribution in [0.5, 0.6) is 0 Å². The van der Waals surface area contributed by atoms with Gasteiger partial charge in [-0.1, -0.05) is 42.5 Å². The van der Waals surface area contributed by atoms with Crippen LogP contribution < -0.4 is 5.32 Å². The van der Waals surface area contributed by atoms with Gasteiger partial charge in [-0.3, -0.25) is 4.79 Å². The first-order valence-electron chi connectivity index (χ1n) is 5.58. The summed E-state index contributed by atoms with van der Waals surface area (Å²) < 4.78 is 0. The third-order valence-corrected chi connectivity index (χ3v) is 2.52. The minimum atomic E-state index is -0.866. The number of hydrogen-bond donors (Lipinski definition) is 1. The lowest BCUT2D eigenvalue weighted by Gasteiger charge is -2.12. The number of carbonyl (C=O) groups is 2. The highest BCUT2D eigenvalue weighted by atomic mass is 16.1. The topological polar surface area (TPSA) is 46.2 Å². The van der Waals surface area contributed by atoms with Gasteiger partial charge in [-0.15, -0.1) is 0 Å². The number of rotatable bonds is 5. The van der Waals surface area contributed by atoms with Crippen LogP contribution in [0.4, 0.5) is 5.69 Å². The van der Waals surface area contributed by atoms with Crippen LogP contribution in [0.15, 0.2) is 54.6 Å². The van der Waals surface area contributed by atoms with Crippen LogP contribution in [0.2, 0.25) is 0 Å². The molecular weight excluding hydrogens is 226 g/mol. The van der Waals surface area contributed by atoms with Gasteiger partial charge in [0.15, 0.2) is 5.78 Å². The molecule has 0 saturated carbocycles. The Morgan fingerprint density at radius 2 is 1.78 bits per heavy atom. The lowest BCUT2D eigenvalue weighted by Crippen LogP contribution is -2.31. The van der Waals surface area contributed by atoms with Gasteiger partial charge in [0.1, 0.15) is 12.3 Å². The van der Waals surface area contributed by atoms with Gasteiger partial charge in [-0.05, 0) is 18.2 Å². The molecule has 2 aromatic carbocycles. The van der Waals surface area contributed by atoms with Gasteiger partial charge >= 0.3 is 0 Å². The Morgan fingerprint density at radius 1 is 1.11 bits per heavy atom. The van der Waals surface area contributed by atoms with Crippen molar-refractivity contribution in [1.29, 1.82) is 0 Å².